The first-order chi connectivity index (χ1) is 14.6. The van der Waals surface area contributed by atoms with E-state index in [1.54, 1.807) is 0 Å². The van der Waals surface area contributed by atoms with E-state index in [9.17, 15) is 4.79 Å². The van der Waals surface area contributed by atoms with Gasteiger partial charge < -0.3 is 5.32 Å². The van der Waals surface area contributed by atoms with Gasteiger partial charge in [0.15, 0.2) is 0 Å². The lowest BCUT2D eigenvalue weighted by molar-refractivity contribution is 0.0954. The monoisotopic (exact) mass is 399 g/mol. The summed E-state index contributed by atoms with van der Waals surface area (Å²) in [7, 11) is 0. The molecule has 0 spiro atoms. The number of aryl methyl sites for hydroxylation is 2. The van der Waals surface area contributed by atoms with Crippen LogP contribution >= 0.6 is 0 Å². The minimum absolute atomic E-state index is 0.0666. The molecule has 4 aromatic rings. The molecule has 1 amide bonds. The molecule has 1 N–H and O–H groups in total. The summed E-state index contributed by atoms with van der Waals surface area (Å²) in [6.45, 7) is 5.30. The molecule has 0 atom stereocenters. The summed E-state index contributed by atoms with van der Waals surface area (Å²) in [6.07, 6.45) is 4.57. The molecule has 0 saturated carbocycles. The molecule has 2 aromatic carbocycles. The van der Waals surface area contributed by atoms with Gasteiger partial charge in [-0.2, -0.15) is 10.2 Å². The fourth-order valence-corrected chi connectivity index (χ4v) is 3.40. The zero-order valence-electron chi connectivity index (χ0n) is 17.2. The number of benzene rings is 2. The Morgan fingerprint density at radius 1 is 1.00 bits per heavy atom. The van der Waals surface area contributed by atoms with E-state index < -0.39 is 0 Å². The Balaban J connectivity index is 1.29. The molecule has 152 valence electrons. The van der Waals surface area contributed by atoms with Gasteiger partial charge in [0.25, 0.3) is 5.91 Å². The quantitative estimate of drug-likeness (QED) is 0.515. The highest BCUT2D eigenvalue weighted by Gasteiger charge is 2.07. The highest BCUT2D eigenvalue weighted by atomic mass is 16.1. The van der Waals surface area contributed by atoms with Crippen LogP contribution in [0.1, 0.15) is 32.9 Å². The number of aromatic nitrogens is 4. The molecular weight excluding hydrogens is 374 g/mol. The average molecular weight is 399 g/mol. The minimum atomic E-state index is -0.0666. The number of carbonyl (C=O) groups is 1. The number of hydrogen-bond acceptors (Lipinski definition) is 3. The minimum Gasteiger partial charge on any atom is -0.352 e. The van der Waals surface area contributed by atoms with E-state index in [0.717, 1.165) is 34.6 Å². The Labute approximate surface area is 176 Å². The molecule has 0 aliphatic heterocycles. The maximum Gasteiger partial charge on any atom is 0.251 e. The Morgan fingerprint density at radius 2 is 1.77 bits per heavy atom. The zero-order chi connectivity index (χ0) is 20.9. The van der Waals surface area contributed by atoms with Gasteiger partial charge in [0.2, 0.25) is 0 Å². The first kappa shape index (κ1) is 19.6. The Morgan fingerprint density at radius 3 is 2.47 bits per heavy atom. The Hall–Kier alpha value is -3.67. The number of hydrogen-bond donors (Lipinski definition) is 1. The van der Waals surface area contributed by atoms with Crippen molar-refractivity contribution in [3.05, 3.63) is 101 Å². The second-order valence-corrected chi connectivity index (χ2v) is 7.42. The molecule has 0 unspecified atom stereocenters. The lowest BCUT2D eigenvalue weighted by Gasteiger charge is -2.07. The largest absolute Gasteiger partial charge is 0.352 e. The molecule has 4 rings (SSSR count). The molecule has 0 radical (unpaired) electrons. The van der Waals surface area contributed by atoms with Crippen molar-refractivity contribution in [2.24, 2.45) is 0 Å². The SMILES string of the molecule is Cc1cc(C)n(Cc2ccc(C(=O)NCCc3cnn(-c4ccccc4)c3)cc2)n1. The third-order valence-corrected chi connectivity index (χ3v) is 5.01. The van der Waals surface area contributed by atoms with E-state index in [1.165, 1.54) is 0 Å². The predicted molar refractivity (Wildman–Crippen MR) is 117 cm³/mol. The van der Waals surface area contributed by atoms with E-state index in [4.69, 9.17) is 0 Å². The lowest BCUT2D eigenvalue weighted by Crippen LogP contribution is -2.25. The summed E-state index contributed by atoms with van der Waals surface area (Å²) in [4.78, 5) is 12.4. The normalized spacial score (nSPS) is 10.9. The van der Waals surface area contributed by atoms with Crippen molar-refractivity contribution < 1.29 is 4.79 Å². The second kappa shape index (κ2) is 8.78. The zero-order valence-corrected chi connectivity index (χ0v) is 17.2. The summed E-state index contributed by atoms with van der Waals surface area (Å²) in [6, 6.07) is 19.7. The third-order valence-electron chi connectivity index (χ3n) is 5.01. The van der Waals surface area contributed by atoms with Crippen molar-refractivity contribution in [1.82, 2.24) is 24.9 Å². The number of nitrogens with one attached hydrogen (secondary N) is 1. The molecule has 2 heterocycles. The van der Waals surface area contributed by atoms with Gasteiger partial charge in [0, 0.05) is 24.0 Å². The Bertz CT molecular complexity index is 1130. The van der Waals surface area contributed by atoms with Gasteiger partial charge in [-0.05, 0) is 61.7 Å². The Kier molecular flexibility index (Phi) is 5.75. The van der Waals surface area contributed by atoms with E-state index in [-0.39, 0.29) is 5.91 Å². The van der Waals surface area contributed by atoms with Gasteiger partial charge in [0.1, 0.15) is 0 Å². The van der Waals surface area contributed by atoms with Crippen LogP contribution in [-0.4, -0.2) is 32.0 Å². The molecule has 0 fully saturated rings. The molecule has 0 aliphatic rings. The summed E-state index contributed by atoms with van der Waals surface area (Å²) in [5.74, 6) is -0.0666. The smallest absolute Gasteiger partial charge is 0.251 e. The predicted octanol–water partition coefficient (Wildman–Crippen LogP) is 3.71. The van der Waals surface area contributed by atoms with Crippen LogP contribution in [0, 0.1) is 13.8 Å². The van der Waals surface area contributed by atoms with Gasteiger partial charge >= 0.3 is 0 Å². The number of nitrogens with zero attached hydrogens (tertiary/aromatic N) is 4. The maximum atomic E-state index is 12.4. The van der Waals surface area contributed by atoms with Crippen LogP contribution in [0.25, 0.3) is 5.69 Å². The van der Waals surface area contributed by atoms with E-state index in [2.05, 4.69) is 21.6 Å². The van der Waals surface area contributed by atoms with Gasteiger partial charge in [-0.25, -0.2) is 4.68 Å². The van der Waals surface area contributed by atoms with Crippen LogP contribution in [-0.2, 0) is 13.0 Å². The van der Waals surface area contributed by atoms with Crippen LogP contribution in [0.15, 0.2) is 73.1 Å². The number of carbonyl (C=O) groups excluding carboxylic acids is 1. The van der Waals surface area contributed by atoms with Crippen molar-refractivity contribution in [1.29, 1.82) is 0 Å². The molecular formula is C24H25N5O. The number of amides is 1. The number of para-hydroxylation sites is 1. The van der Waals surface area contributed by atoms with Gasteiger partial charge in [0.05, 0.1) is 24.1 Å². The molecule has 6 heteroatoms. The standard InChI is InChI=1S/C24H25N5O/c1-18-14-19(2)28(27-18)16-20-8-10-22(11-9-20)24(30)25-13-12-21-15-26-29(17-21)23-6-4-3-5-7-23/h3-11,14-15,17H,12-13,16H2,1-2H3,(H,25,30). The second-order valence-electron chi connectivity index (χ2n) is 7.42. The topological polar surface area (TPSA) is 64.7 Å². The summed E-state index contributed by atoms with van der Waals surface area (Å²) >= 11 is 0. The van der Waals surface area contributed by atoms with Crippen molar-refractivity contribution >= 4 is 5.91 Å². The highest BCUT2D eigenvalue weighted by Crippen LogP contribution is 2.10. The van der Waals surface area contributed by atoms with E-state index in [1.807, 2.05) is 90.2 Å². The van der Waals surface area contributed by atoms with Gasteiger partial charge in [-0.3, -0.25) is 9.48 Å². The van der Waals surface area contributed by atoms with Crippen molar-refractivity contribution in [3.8, 4) is 5.69 Å². The molecule has 30 heavy (non-hydrogen) atoms. The van der Waals surface area contributed by atoms with Crippen molar-refractivity contribution in [2.75, 3.05) is 6.54 Å². The maximum absolute atomic E-state index is 12.4. The van der Waals surface area contributed by atoms with Crippen LogP contribution < -0.4 is 5.32 Å². The lowest BCUT2D eigenvalue weighted by atomic mass is 10.1. The van der Waals surface area contributed by atoms with Crippen LogP contribution in [0.5, 0.6) is 0 Å². The summed E-state index contributed by atoms with van der Waals surface area (Å²) < 4.78 is 3.82. The van der Waals surface area contributed by atoms with Crippen LogP contribution in [0.4, 0.5) is 0 Å². The molecule has 0 saturated heterocycles. The fraction of sp³-hybridized carbons (Fsp3) is 0.208. The van der Waals surface area contributed by atoms with Gasteiger partial charge in [-0.15, -0.1) is 0 Å². The molecule has 6 nitrogen and oxygen atoms in total. The van der Waals surface area contributed by atoms with E-state index in [0.29, 0.717) is 18.7 Å². The molecule has 2 aromatic heterocycles. The summed E-state index contributed by atoms with van der Waals surface area (Å²) in [5, 5.41) is 11.9. The number of rotatable bonds is 7. The highest BCUT2D eigenvalue weighted by molar-refractivity contribution is 5.94. The molecule has 0 bridgehead atoms. The van der Waals surface area contributed by atoms with Gasteiger partial charge in [-0.1, -0.05) is 30.3 Å². The summed E-state index contributed by atoms with van der Waals surface area (Å²) in [5.41, 5.74) is 6.02. The first-order valence-electron chi connectivity index (χ1n) is 10.1. The third kappa shape index (κ3) is 4.66. The first-order valence-corrected chi connectivity index (χ1v) is 10.1. The average Bonchev–Trinajstić information content (AvgIpc) is 3.35. The van der Waals surface area contributed by atoms with Crippen LogP contribution in [0.3, 0.4) is 0 Å². The van der Waals surface area contributed by atoms with Crippen molar-refractivity contribution in [3.63, 3.8) is 0 Å². The fourth-order valence-electron chi connectivity index (χ4n) is 3.40. The van der Waals surface area contributed by atoms with E-state index >= 15 is 0 Å². The molecule has 0 aliphatic carbocycles. The van der Waals surface area contributed by atoms with Crippen LogP contribution in [0.2, 0.25) is 0 Å². The van der Waals surface area contributed by atoms with Crippen molar-refractivity contribution in [2.45, 2.75) is 26.8 Å².